The number of amides is 1. The number of non-ortho nitro benzene ring substituents is 1. The first-order chi connectivity index (χ1) is 13.3. The number of carbonyl (C=O) groups is 3. The largest absolute Gasteiger partial charge is 0.465 e. The van der Waals surface area contributed by atoms with Gasteiger partial charge in [-0.25, -0.2) is 9.59 Å². The van der Waals surface area contributed by atoms with Crippen LogP contribution in [-0.4, -0.2) is 37.0 Å². The standard InChI is InChI=1S/C19H16N2O7/c1-27-18(23)13-9-14(19(24)28-2)11-15(10-13)20-17(22)7-6-12-4-3-5-16(8-12)21(25)26/h3-11H,1-2H3,(H,20,22). The molecule has 0 saturated carbocycles. The number of methoxy groups -OCH3 is 2. The summed E-state index contributed by atoms with van der Waals surface area (Å²) in [5.41, 5.74) is 0.655. The number of ether oxygens (including phenoxy) is 2. The first-order valence-electron chi connectivity index (χ1n) is 7.89. The minimum atomic E-state index is -0.687. The highest BCUT2D eigenvalue weighted by Crippen LogP contribution is 2.18. The van der Waals surface area contributed by atoms with Crippen molar-refractivity contribution >= 4 is 35.3 Å². The van der Waals surface area contributed by atoms with Crippen LogP contribution in [0.1, 0.15) is 26.3 Å². The van der Waals surface area contributed by atoms with Crippen LogP contribution in [-0.2, 0) is 14.3 Å². The Morgan fingerprint density at radius 3 is 2.14 bits per heavy atom. The van der Waals surface area contributed by atoms with E-state index in [0.717, 1.165) is 0 Å². The average molecular weight is 384 g/mol. The molecule has 0 saturated heterocycles. The third kappa shape index (κ3) is 5.24. The maximum Gasteiger partial charge on any atom is 0.337 e. The van der Waals surface area contributed by atoms with E-state index in [1.807, 2.05) is 0 Å². The van der Waals surface area contributed by atoms with Gasteiger partial charge in [0, 0.05) is 23.9 Å². The maximum atomic E-state index is 12.1. The Hall–Kier alpha value is -4.01. The SMILES string of the molecule is COC(=O)c1cc(NC(=O)C=Cc2cccc([N+](=O)[O-])c2)cc(C(=O)OC)c1. The van der Waals surface area contributed by atoms with Crippen LogP contribution in [0.4, 0.5) is 11.4 Å². The number of nitrogens with zero attached hydrogens (tertiary/aromatic N) is 1. The fourth-order valence-electron chi connectivity index (χ4n) is 2.27. The van der Waals surface area contributed by atoms with Crippen LogP contribution in [0.2, 0.25) is 0 Å². The molecule has 0 heterocycles. The molecule has 0 unspecified atom stereocenters. The van der Waals surface area contributed by atoms with Gasteiger partial charge >= 0.3 is 11.9 Å². The molecular weight excluding hydrogens is 368 g/mol. The second-order valence-electron chi connectivity index (χ2n) is 5.46. The van der Waals surface area contributed by atoms with Crippen LogP contribution >= 0.6 is 0 Å². The molecule has 2 rings (SSSR count). The Bertz CT molecular complexity index is 932. The van der Waals surface area contributed by atoms with Crippen molar-refractivity contribution in [2.75, 3.05) is 19.5 Å². The molecule has 28 heavy (non-hydrogen) atoms. The van der Waals surface area contributed by atoms with E-state index in [1.54, 1.807) is 6.07 Å². The molecule has 0 atom stereocenters. The molecule has 1 N–H and O–H groups in total. The highest BCUT2D eigenvalue weighted by Gasteiger charge is 2.14. The van der Waals surface area contributed by atoms with Gasteiger partial charge in [0.05, 0.1) is 30.3 Å². The predicted molar refractivity (Wildman–Crippen MR) is 99.9 cm³/mol. The summed E-state index contributed by atoms with van der Waals surface area (Å²) >= 11 is 0. The van der Waals surface area contributed by atoms with E-state index in [0.29, 0.717) is 5.56 Å². The molecule has 9 heteroatoms. The Balaban J connectivity index is 2.22. The molecule has 1 amide bonds. The van der Waals surface area contributed by atoms with Crippen molar-refractivity contribution in [2.24, 2.45) is 0 Å². The van der Waals surface area contributed by atoms with Gasteiger partial charge in [-0.1, -0.05) is 12.1 Å². The Morgan fingerprint density at radius 1 is 1.00 bits per heavy atom. The molecule has 0 radical (unpaired) electrons. The first kappa shape index (κ1) is 20.3. The smallest absolute Gasteiger partial charge is 0.337 e. The van der Waals surface area contributed by atoms with Crippen LogP contribution in [0.15, 0.2) is 48.5 Å². The second-order valence-corrected chi connectivity index (χ2v) is 5.46. The normalized spacial score (nSPS) is 10.4. The van der Waals surface area contributed by atoms with Crippen molar-refractivity contribution in [3.05, 3.63) is 75.3 Å². The molecular formula is C19H16N2O7. The Labute approximate surface area is 159 Å². The van der Waals surface area contributed by atoms with Crippen molar-refractivity contribution in [1.82, 2.24) is 0 Å². The minimum absolute atomic E-state index is 0.0587. The third-order valence-corrected chi connectivity index (χ3v) is 3.55. The monoisotopic (exact) mass is 384 g/mol. The lowest BCUT2D eigenvalue weighted by molar-refractivity contribution is -0.384. The second kappa shape index (κ2) is 9.08. The topological polar surface area (TPSA) is 125 Å². The molecule has 0 fully saturated rings. The first-order valence-corrected chi connectivity index (χ1v) is 7.89. The summed E-state index contributed by atoms with van der Waals surface area (Å²) < 4.78 is 9.26. The van der Waals surface area contributed by atoms with Crippen molar-refractivity contribution in [1.29, 1.82) is 0 Å². The van der Waals surface area contributed by atoms with Crippen LogP contribution in [0.5, 0.6) is 0 Å². The van der Waals surface area contributed by atoms with Gasteiger partial charge < -0.3 is 14.8 Å². The van der Waals surface area contributed by atoms with Gasteiger partial charge in [0.1, 0.15) is 0 Å². The number of hydrogen-bond acceptors (Lipinski definition) is 7. The predicted octanol–water partition coefficient (Wildman–Crippen LogP) is 2.82. The zero-order valence-corrected chi connectivity index (χ0v) is 15.0. The lowest BCUT2D eigenvalue weighted by Gasteiger charge is -2.08. The van der Waals surface area contributed by atoms with E-state index in [4.69, 9.17) is 0 Å². The summed E-state index contributed by atoms with van der Waals surface area (Å²) in [6.45, 7) is 0. The summed E-state index contributed by atoms with van der Waals surface area (Å²) in [6, 6.07) is 9.73. The van der Waals surface area contributed by atoms with E-state index in [1.165, 1.54) is 62.8 Å². The Morgan fingerprint density at radius 2 is 1.61 bits per heavy atom. The maximum absolute atomic E-state index is 12.1. The molecule has 0 bridgehead atoms. The fourth-order valence-corrected chi connectivity index (χ4v) is 2.27. The molecule has 0 aliphatic carbocycles. The van der Waals surface area contributed by atoms with Gasteiger partial charge in [0.25, 0.3) is 5.69 Å². The quantitative estimate of drug-likeness (QED) is 0.351. The number of anilines is 1. The summed E-state index contributed by atoms with van der Waals surface area (Å²) in [6.07, 6.45) is 2.56. The zero-order valence-electron chi connectivity index (χ0n) is 15.0. The molecule has 0 aliphatic heterocycles. The fraction of sp³-hybridized carbons (Fsp3) is 0.105. The van der Waals surface area contributed by atoms with Gasteiger partial charge in [0.2, 0.25) is 5.91 Å². The van der Waals surface area contributed by atoms with E-state index in [-0.39, 0.29) is 22.5 Å². The van der Waals surface area contributed by atoms with Crippen LogP contribution < -0.4 is 5.32 Å². The summed E-state index contributed by atoms with van der Waals surface area (Å²) in [5.74, 6) is -1.94. The highest BCUT2D eigenvalue weighted by atomic mass is 16.6. The number of esters is 2. The molecule has 0 spiro atoms. The number of carbonyl (C=O) groups excluding carboxylic acids is 3. The molecule has 2 aromatic rings. The molecule has 2 aromatic carbocycles. The van der Waals surface area contributed by atoms with Gasteiger partial charge in [-0.3, -0.25) is 14.9 Å². The van der Waals surface area contributed by atoms with Crippen LogP contribution in [0, 0.1) is 10.1 Å². The van der Waals surface area contributed by atoms with E-state index in [9.17, 15) is 24.5 Å². The van der Waals surface area contributed by atoms with Crippen LogP contribution in [0.3, 0.4) is 0 Å². The highest BCUT2D eigenvalue weighted by molar-refractivity contribution is 6.04. The number of rotatable bonds is 6. The lowest BCUT2D eigenvalue weighted by Crippen LogP contribution is -2.12. The molecule has 9 nitrogen and oxygen atoms in total. The number of nitrogens with one attached hydrogen (secondary N) is 1. The van der Waals surface area contributed by atoms with Crippen molar-refractivity contribution < 1.29 is 28.8 Å². The van der Waals surface area contributed by atoms with Crippen molar-refractivity contribution in [3.63, 3.8) is 0 Å². The third-order valence-electron chi connectivity index (χ3n) is 3.55. The molecule has 144 valence electrons. The van der Waals surface area contributed by atoms with Crippen molar-refractivity contribution in [2.45, 2.75) is 0 Å². The minimum Gasteiger partial charge on any atom is -0.465 e. The van der Waals surface area contributed by atoms with E-state index < -0.39 is 22.8 Å². The van der Waals surface area contributed by atoms with E-state index in [2.05, 4.69) is 14.8 Å². The number of hydrogen-bond donors (Lipinski definition) is 1. The van der Waals surface area contributed by atoms with Crippen LogP contribution in [0.25, 0.3) is 6.08 Å². The molecule has 0 aliphatic rings. The molecule has 0 aromatic heterocycles. The average Bonchev–Trinajstić information content (AvgIpc) is 2.70. The van der Waals surface area contributed by atoms with Crippen molar-refractivity contribution in [3.8, 4) is 0 Å². The Kier molecular flexibility index (Phi) is 6.58. The number of nitro benzene ring substituents is 1. The summed E-state index contributed by atoms with van der Waals surface area (Å²) in [7, 11) is 2.38. The van der Waals surface area contributed by atoms with E-state index >= 15 is 0 Å². The number of nitro groups is 1. The van der Waals surface area contributed by atoms with Gasteiger partial charge in [-0.15, -0.1) is 0 Å². The summed E-state index contributed by atoms with van der Waals surface area (Å²) in [4.78, 5) is 45.9. The van der Waals surface area contributed by atoms with Gasteiger partial charge in [-0.2, -0.15) is 0 Å². The summed E-state index contributed by atoms with van der Waals surface area (Å²) in [5, 5.41) is 13.3. The van der Waals surface area contributed by atoms with Gasteiger partial charge in [-0.05, 0) is 29.8 Å². The number of benzene rings is 2. The van der Waals surface area contributed by atoms with Gasteiger partial charge in [0.15, 0.2) is 0 Å². The lowest BCUT2D eigenvalue weighted by atomic mass is 10.1. The zero-order chi connectivity index (χ0) is 20.7.